The summed E-state index contributed by atoms with van der Waals surface area (Å²) < 4.78 is 218. The molecule has 0 saturated carbocycles. The van der Waals surface area contributed by atoms with E-state index < -0.39 is 130 Å². The maximum absolute atomic E-state index is 15.0. The maximum Gasteiger partial charge on any atom is 0.299 e. The Morgan fingerprint density at radius 1 is 0.477 bits per heavy atom. The van der Waals surface area contributed by atoms with Crippen molar-refractivity contribution in [3.05, 3.63) is 118 Å². The fraction of sp³-hybridized carbons (Fsp3) is 0.115. The highest BCUT2D eigenvalue weighted by Gasteiger charge is 2.41. The Hall–Kier alpha value is -3.75. The van der Waals surface area contributed by atoms with Gasteiger partial charge in [0.2, 0.25) is 11.6 Å². The molecule has 1 aromatic heterocycles. The van der Waals surface area contributed by atoms with Crippen molar-refractivity contribution in [2.24, 2.45) is 0 Å². The standard InChI is InChI=1S/C26H12BF15NP/c1-8(7-27(43-5-3-2-4-6-43)9-10(28)12(30)14(32)13(31)11(9)29)44(25-21(39)17(35)15(33)18(36)22(25)40)26-23(41)19(37)16(34)20(38)24(26)42/h2-6,8,27H,7H2,1H3/t8-,27+/m1/s1. The topological polar surface area (TPSA) is 3.88 Å². The van der Waals surface area contributed by atoms with Crippen LogP contribution in [0.25, 0.3) is 0 Å². The number of halogens is 15. The number of hydrogen-bond acceptors (Lipinski definition) is 0. The molecule has 0 aliphatic rings. The summed E-state index contributed by atoms with van der Waals surface area (Å²) in [7, 11) is -3.93. The second-order valence-electron chi connectivity index (χ2n) is 9.41. The van der Waals surface area contributed by atoms with Gasteiger partial charge in [-0.2, -0.15) is 0 Å². The molecule has 1 nitrogen and oxygen atoms in total. The third-order valence-electron chi connectivity index (χ3n) is 6.91. The van der Waals surface area contributed by atoms with E-state index in [9.17, 15) is 48.3 Å². The molecule has 0 unspecified atom stereocenters. The van der Waals surface area contributed by atoms with E-state index in [0.29, 0.717) is 0 Å². The van der Waals surface area contributed by atoms with Crippen LogP contribution in [0.1, 0.15) is 6.92 Å². The molecule has 0 bridgehead atoms. The first-order chi connectivity index (χ1) is 20.5. The highest BCUT2D eigenvalue weighted by Crippen LogP contribution is 2.46. The van der Waals surface area contributed by atoms with Crippen molar-refractivity contribution in [1.82, 2.24) is 0 Å². The van der Waals surface area contributed by atoms with Crippen LogP contribution in [0.4, 0.5) is 65.9 Å². The molecule has 0 fully saturated rings. The first-order valence-electron chi connectivity index (χ1n) is 12.0. The van der Waals surface area contributed by atoms with Gasteiger partial charge in [-0.05, 0) is 25.7 Å². The van der Waals surface area contributed by atoms with E-state index in [4.69, 9.17) is 0 Å². The molecule has 44 heavy (non-hydrogen) atoms. The molecule has 3 aromatic carbocycles. The van der Waals surface area contributed by atoms with Gasteiger partial charge in [0, 0.05) is 0 Å². The largest absolute Gasteiger partial charge is 0.425 e. The number of nitrogens with zero attached hydrogens (tertiary/aromatic N) is 1. The summed E-state index contributed by atoms with van der Waals surface area (Å²) in [6.07, 6.45) is 0.922. The number of aromatic nitrogens is 1. The van der Waals surface area contributed by atoms with Gasteiger partial charge in [-0.25, -0.2) is 65.9 Å². The molecular formula is C26H12BF15NP. The highest BCUT2D eigenvalue weighted by molar-refractivity contribution is 7.73. The van der Waals surface area contributed by atoms with E-state index in [1.165, 1.54) is 18.2 Å². The van der Waals surface area contributed by atoms with Crippen molar-refractivity contribution in [2.75, 3.05) is 0 Å². The maximum atomic E-state index is 15.0. The van der Waals surface area contributed by atoms with Gasteiger partial charge in [0.05, 0.1) is 10.6 Å². The van der Waals surface area contributed by atoms with Crippen LogP contribution in [0.2, 0.25) is 6.32 Å². The lowest BCUT2D eigenvalue weighted by Gasteiger charge is -2.31. The minimum Gasteiger partial charge on any atom is -0.425 e. The number of rotatable bonds is 7. The summed E-state index contributed by atoms with van der Waals surface area (Å²) in [5, 5.41) is -4.05. The quantitative estimate of drug-likeness (QED) is 0.0744. The first-order valence-corrected chi connectivity index (χ1v) is 13.5. The van der Waals surface area contributed by atoms with Crippen LogP contribution in [0.5, 0.6) is 0 Å². The fourth-order valence-electron chi connectivity index (χ4n) is 4.86. The van der Waals surface area contributed by atoms with Crippen molar-refractivity contribution < 1.29 is 70.3 Å². The predicted molar refractivity (Wildman–Crippen MR) is 128 cm³/mol. The molecule has 0 saturated heterocycles. The molecule has 1 heterocycles. The summed E-state index contributed by atoms with van der Waals surface area (Å²) >= 11 is 0. The van der Waals surface area contributed by atoms with Crippen LogP contribution in [-0.4, -0.2) is 12.5 Å². The van der Waals surface area contributed by atoms with Gasteiger partial charge in [0.15, 0.2) is 64.0 Å². The van der Waals surface area contributed by atoms with Crippen LogP contribution >= 0.6 is 7.92 Å². The summed E-state index contributed by atoms with van der Waals surface area (Å²) in [6, 6.07) is 3.70. The molecule has 0 aliphatic heterocycles. The number of pyridine rings is 1. The van der Waals surface area contributed by atoms with Gasteiger partial charge in [0.1, 0.15) is 24.0 Å². The fourth-order valence-corrected chi connectivity index (χ4v) is 7.71. The summed E-state index contributed by atoms with van der Waals surface area (Å²) in [4.78, 5) is 0. The smallest absolute Gasteiger partial charge is 0.299 e. The third-order valence-corrected chi connectivity index (χ3v) is 9.80. The van der Waals surface area contributed by atoms with Crippen LogP contribution in [-0.2, 0) is 0 Å². The van der Waals surface area contributed by atoms with E-state index in [-0.39, 0.29) is 0 Å². The minimum atomic E-state index is -3.93. The van der Waals surface area contributed by atoms with Crippen molar-refractivity contribution >= 4 is 30.8 Å². The zero-order valence-corrected chi connectivity index (χ0v) is 22.3. The molecule has 0 N–H and O–H groups in total. The SMILES string of the molecule is C[C@H](C[B@@H-](c1c(F)c(F)c(F)c(F)c1F)[n+]1ccccc1)P(c1c(F)c(F)c(F)c(F)c1F)c1c(F)c(F)c(F)c(F)c1F. The Morgan fingerprint density at radius 2 is 0.773 bits per heavy atom. The van der Waals surface area contributed by atoms with Crippen LogP contribution in [0, 0.1) is 87.3 Å². The van der Waals surface area contributed by atoms with E-state index in [2.05, 4.69) is 0 Å². The molecule has 234 valence electrons. The molecule has 2 atom stereocenters. The Kier molecular flexibility index (Phi) is 9.29. The van der Waals surface area contributed by atoms with Gasteiger partial charge >= 0.3 is 0 Å². The van der Waals surface area contributed by atoms with Gasteiger partial charge in [-0.3, -0.25) is 0 Å². The van der Waals surface area contributed by atoms with Crippen molar-refractivity contribution in [3.8, 4) is 0 Å². The third kappa shape index (κ3) is 5.28. The van der Waals surface area contributed by atoms with E-state index >= 15 is 17.6 Å². The summed E-state index contributed by atoms with van der Waals surface area (Å²) in [5.41, 5.74) is -3.57. The van der Waals surface area contributed by atoms with Crippen molar-refractivity contribution in [1.29, 1.82) is 0 Å². The van der Waals surface area contributed by atoms with Crippen LogP contribution < -0.4 is 20.5 Å². The van der Waals surface area contributed by atoms with Gasteiger partial charge < -0.3 is 4.48 Å². The number of hydrogen-bond donors (Lipinski definition) is 0. The summed E-state index contributed by atoms with van der Waals surface area (Å²) in [6.45, 7) is -2.57. The van der Waals surface area contributed by atoms with E-state index in [0.717, 1.165) is 23.8 Å². The lowest BCUT2D eigenvalue weighted by molar-refractivity contribution is -0.536. The molecule has 4 aromatic rings. The zero-order chi connectivity index (χ0) is 32.9. The summed E-state index contributed by atoms with van der Waals surface area (Å²) in [5.74, 6) is -39.2. The molecule has 0 radical (unpaired) electrons. The molecule has 18 heteroatoms. The van der Waals surface area contributed by atoms with Crippen LogP contribution in [0.3, 0.4) is 0 Å². The highest BCUT2D eigenvalue weighted by atomic mass is 31.1. The average Bonchev–Trinajstić information content (AvgIpc) is 3.01. The van der Waals surface area contributed by atoms with E-state index in [1.54, 1.807) is 0 Å². The van der Waals surface area contributed by atoms with Crippen molar-refractivity contribution in [2.45, 2.75) is 18.9 Å². The zero-order valence-electron chi connectivity index (χ0n) is 21.4. The predicted octanol–water partition coefficient (Wildman–Crippen LogP) is 6.06. The molecule has 4 rings (SSSR count). The molecular weight excluding hydrogens is 653 g/mol. The molecule has 0 spiro atoms. The van der Waals surface area contributed by atoms with Gasteiger partial charge in [-0.15, -0.1) is 6.32 Å². The Morgan fingerprint density at radius 3 is 1.11 bits per heavy atom. The second-order valence-corrected chi connectivity index (χ2v) is 11.9. The van der Waals surface area contributed by atoms with Crippen molar-refractivity contribution in [3.63, 3.8) is 0 Å². The Labute approximate surface area is 238 Å². The minimum absolute atomic E-state index is 0.733. The number of benzene rings is 3. The Bertz CT molecular complexity index is 1630. The first kappa shape index (κ1) is 33.2. The normalized spacial score (nSPS) is 13.1. The van der Waals surface area contributed by atoms with Gasteiger partial charge in [-0.1, -0.05) is 18.5 Å². The van der Waals surface area contributed by atoms with Gasteiger partial charge in [0.25, 0.3) is 6.85 Å². The van der Waals surface area contributed by atoms with Crippen LogP contribution in [0.15, 0.2) is 30.6 Å². The molecule has 0 aliphatic carbocycles. The Balaban J connectivity index is 2.07. The molecule has 0 amide bonds. The average molecular weight is 665 g/mol. The monoisotopic (exact) mass is 665 g/mol. The lowest BCUT2D eigenvalue weighted by atomic mass is 9.51. The second kappa shape index (κ2) is 12.3. The lowest BCUT2D eigenvalue weighted by Crippen LogP contribution is -2.61. The van der Waals surface area contributed by atoms with E-state index in [1.807, 2.05) is 0 Å².